The van der Waals surface area contributed by atoms with E-state index in [0.29, 0.717) is 12.0 Å². The zero-order valence-electron chi connectivity index (χ0n) is 13.5. The number of carbonyl (C=O) groups excluding carboxylic acids is 1. The lowest BCUT2D eigenvalue weighted by Gasteiger charge is -2.00. The number of hydrogen-bond acceptors (Lipinski definition) is 5. The number of carboxylic acids is 2. The molecule has 1 aromatic carbocycles. The molecule has 0 saturated heterocycles. The summed E-state index contributed by atoms with van der Waals surface area (Å²) in [5, 5.41) is 25.8. The van der Waals surface area contributed by atoms with Crippen LogP contribution < -0.4 is 0 Å². The fourth-order valence-electron chi connectivity index (χ4n) is 1.40. The minimum Gasteiger partial charge on any atom is -0.513 e. The molecule has 0 saturated carbocycles. The summed E-state index contributed by atoms with van der Waals surface area (Å²) in [4.78, 5) is 31.7. The molecule has 0 fully saturated rings. The predicted molar refractivity (Wildman–Crippen MR) is 87.1 cm³/mol. The molecule has 0 aromatic heterocycles. The summed E-state index contributed by atoms with van der Waals surface area (Å²) in [5.74, 6) is -2.61. The highest BCUT2D eigenvalue weighted by atomic mass is 16.5. The van der Waals surface area contributed by atoms with E-state index in [1.165, 1.54) is 24.3 Å². The van der Waals surface area contributed by atoms with Crippen LogP contribution in [0.3, 0.4) is 0 Å². The summed E-state index contributed by atoms with van der Waals surface area (Å²) < 4.78 is 4.76. The number of carboxylic acid groups (broad SMARTS) is 2. The molecule has 0 aliphatic heterocycles. The highest BCUT2D eigenvalue weighted by Crippen LogP contribution is 2.07. The zero-order valence-corrected chi connectivity index (χ0v) is 13.5. The number of benzene rings is 1. The van der Waals surface area contributed by atoms with Gasteiger partial charge in [0.15, 0.2) is 0 Å². The van der Waals surface area contributed by atoms with E-state index in [1.807, 2.05) is 0 Å². The summed E-state index contributed by atoms with van der Waals surface area (Å²) in [5.41, 5.74) is 0.00898. The summed E-state index contributed by atoms with van der Waals surface area (Å²) in [6.45, 7) is 6.87. The van der Waals surface area contributed by atoms with Gasteiger partial charge in [-0.3, -0.25) is 0 Å². The van der Waals surface area contributed by atoms with Gasteiger partial charge in [0.2, 0.25) is 0 Å². The number of esters is 1. The maximum atomic E-state index is 10.8. The first-order valence-corrected chi connectivity index (χ1v) is 6.90. The number of carbonyl (C=O) groups is 3. The van der Waals surface area contributed by atoms with Crippen LogP contribution >= 0.6 is 0 Å². The van der Waals surface area contributed by atoms with Gasteiger partial charge in [-0.2, -0.15) is 0 Å². The summed E-state index contributed by atoms with van der Waals surface area (Å²) in [6.07, 6.45) is 2.12. The van der Waals surface area contributed by atoms with E-state index in [-0.39, 0.29) is 29.5 Å². The first kappa shape index (κ1) is 20.9. The second-order valence-corrected chi connectivity index (χ2v) is 4.71. The second-order valence-electron chi connectivity index (χ2n) is 4.71. The number of rotatable bonds is 6. The van der Waals surface area contributed by atoms with Crippen molar-refractivity contribution in [1.29, 1.82) is 0 Å². The summed E-state index contributed by atoms with van der Waals surface area (Å²) >= 11 is 0. The van der Waals surface area contributed by atoms with Gasteiger partial charge in [0.25, 0.3) is 0 Å². The molecule has 24 heavy (non-hydrogen) atoms. The van der Waals surface area contributed by atoms with Crippen LogP contribution in [0.25, 0.3) is 0 Å². The highest BCUT2D eigenvalue weighted by Gasteiger charge is 2.13. The number of allylic oxidation sites excluding steroid dienone is 1. The van der Waals surface area contributed by atoms with E-state index >= 15 is 0 Å². The SMILES string of the molecule is C=C(C)C(=O)OCCC=C(C)O.O=C(O)c1ccccc1C(=O)O. The molecular weight excluding hydrogens is 316 g/mol. The van der Waals surface area contributed by atoms with Crippen LogP contribution in [0.5, 0.6) is 0 Å². The minimum absolute atomic E-state index is 0.190. The molecule has 0 heterocycles. The van der Waals surface area contributed by atoms with E-state index < -0.39 is 11.9 Å². The van der Waals surface area contributed by atoms with E-state index in [0.717, 1.165) is 0 Å². The first-order chi connectivity index (χ1) is 11.2. The molecule has 0 atom stereocenters. The Morgan fingerprint density at radius 1 is 1.04 bits per heavy atom. The third-order valence-electron chi connectivity index (χ3n) is 2.53. The van der Waals surface area contributed by atoms with Crippen LogP contribution in [0, 0.1) is 0 Å². The van der Waals surface area contributed by atoms with E-state index in [4.69, 9.17) is 20.1 Å². The molecule has 7 nitrogen and oxygen atoms in total. The van der Waals surface area contributed by atoms with Gasteiger partial charge in [-0.1, -0.05) is 18.7 Å². The summed E-state index contributed by atoms with van der Waals surface area (Å²) in [7, 11) is 0. The van der Waals surface area contributed by atoms with E-state index in [2.05, 4.69) is 6.58 Å². The number of aliphatic hydroxyl groups is 1. The third kappa shape index (κ3) is 8.38. The Hall–Kier alpha value is -3.09. The van der Waals surface area contributed by atoms with Gasteiger partial charge in [-0.25, -0.2) is 14.4 Å². The molecule has 0 bridgehead atoms. The Kier molecular flexibility index (Phi) is 9.24. The Morgan fingerprint density at radius 2 is 1.50 bits per heavy atom. The lowest BCUT2D eigenvalue weighted by atomic mass is 10.1. The fraction of sp³-hybridized carbons (Fsp3) is 0.235. The maximum Gasteiger partial charge on any atom is 0.336 e. The molecule has 1 aromatic rings. The molecule has 7 heteroatoms. The summed E-state index contributed by atoms with van der Waals surface area (Å²) in [6, 6.07) is 5.48. The number of aliphatic hydroxyl groups excluding tert-OH is 1. The van der Waals surface area contributed by atoms with E-state index in [9.17, 15) is 14.4 Å². The van der Waals surface area contributed by atoms with Crippen molar-refractivity contribution < 1.29 is 34.4 Å². The monoisotopic (exact) mass is 336 g/mol. The first-order valence-electron chi connectivity index (χ1n) is 6.90. The van der Waals surface area contributed by atoms with Crippen molar-refractivity contribution in [2.24, 2.45) is 0 Å². The molecule has 1 rings (SSSR count). The Morgan fingerprint density at radius 3 is 1.83 bits per heavy atom. The van der Waals surface area contributed by atoms with Crippen LogP contribution in [-0.4, -0.2) is 39.8 Å². The standard InChI is InChI=1S/C9H14O3.C8H6O4/c1-7(2)9(11)12-6-4-5-8(3)10;9-7(10)5-3-1-2-4-6(5)8(11)12/h5,10H,1,4,6H2,2-3H3;1-4H,(H,9,10)(H,11,12). The van der Waals surface area contributed by atoms with Gasteiger partial charge in [0, 0.05) is 12.0 Å². The molecule has 0 spiro atoms. The van der Waals surface area contributed by atoms with Crippen molar-refractivity contribution >= 4 is 17.9 Å². The van der Waals surface area contributed by atoms with Crippen LogP contribution in [0.2, 0.25) is 0 Å². The zero-order chi connectivity index (χ0) is 18.7. The van der Waals surface area contributed by atoms with E-state index in [1.54, 1.807) is 19.9 Å². The van der Waals surface area contributed by atoms with Crippen molar-refractivity contribution in [2.45, 2.75) is 20.3 Å². The molecule has 0 aliphatic rings. The lowest BCUT2D eigenvalue weighted by molar-refractivity contribution is -0.138. The smallest absolute Gasteiger partial charge is 0.336 e. The van der Waals surface area contributed by atoms with Crippen molar-refractivity contribution in [1.82, 2.24) is 0 Å². The second kappa shape index (κ2) is 10.6. The molecule has 0 aliphatic carbocycles. The Balaban J connectivity index is 0.000000441. The van der Waals surface area contributed by atoms with Crippen molar-refractivity contribution in [3.8, 4) is 0 Å². The van der Waals surface area contributed by atoms with Crippen LogP contribution in [0.15, 0.2) is 48.3 Å². The molecule has 0 amide bonds. The number of hydrogen-bond donors (Lipinski definition) is 3. The van der Waals surface area contributed by atoms with Crippen molar-refractivity contribution in [3.63, 3.8) is 0 Å². The highest BCUT2D eigenvalue weighted by molar-refractivity contribution is 6.01. The van der Waals surface area contributed by atoms with Gasteiger partial charge in [-0.15, -0.1) is 0 Å². The number of ether oxygens (including phenoxy) is 1. The normalized spacial score (nSPS) is 10.2. The van der Waals surface area contributed by atoms with Crippen LogP contribution in [0.1, 0.15) is 41.0 Å². The average molecular weight is 336 g/mol. The van der Waals surface area contributed by atoms with Gasteiger partial charge in [0.05, 0.1) is 23.5 Å². The van der Waals surface area contributed by atoms with Crippen molar-refractivity contribution in [3.05, 3.63) is 59.4 Å². The lowest BCUT2D eigenvalue weighted by Crippen LogP contribution is -2.06. The van der Waals surface area contributed by atoms with Gasteiger partial charge in [-0.05, 0) is 32.1 Å². The van der Waals surface area contributed by atoms with Gasteiger partial charge < -0.3 is 20.1 Å². The maximum absolute atomic E-state index is 10.8. The Bertz CT molecular complexity index is 607. The predicted octanol–water partition coefficient (Wildman–Crippen LogP) is 3.04. The minimum atomic E-state index is -1.23. The Labute approximate surface area is 139 Å². The average Bonchev–Trinajstić information content (AvgIpc) is 2.51. The van der Waals surface area contributed by atoms with Crippen LogP contribution in [-0.2, 0) is 9.53 Å². The fourth-order valence-corrected chi connectivity index (χ4v) is 1.40. The van der Waals surface area contributed by atoms with Crippen LogP contribution in [0.4, 0.5) is 0 Å². The molecular formula is C17H20O7. The molecule has 3 N–H and O–H groups in total. The quantitative estimate of drug-likeness (QED) is 0.316. The van der Waals surface area contributed by atoms with Crippen molar-refractivity contribution in [2.75, 3.05) is 6.61 Å². The third-order valence-corrected chi connectivity index (χ3v) is 2.53. The van der Waals surface area contributed by atoms with Gasteiger partial charge in [0.1, 0.15) is 0 Å². The molecule has 0 unspecified atom stereocenters. The van der Waals surface area contributed by atoms with Gasteiger partial charge >= 0.3 is 17.9 Å². The molecule has 0 radical (unpaired) electrons. The largest absolute Gasteiger partial charge is 0.513 e. The number of aromatic carboxylic acids is 2. The molecule has 130 valence electrons. The topological polar surface area (TPSA) is 121 Å².